The van der Waals surface area contributed by atoms with Crippen LogP contribution in [0.25, 0.3) is 0 Å². The van der Waals surface area contributed by atoms with Gasteiger partial charge in [-0.2, -0.15) is 0 Å². The van der Waals surface area contributed by atoms with Gasteiger partial charge in [0.1, 0.15) is 17.3 Å². The molecule has 2 aromatic carbocycles. The van der Waals surface area contributed by atoms with Crippen LogP contribution in [0.1, 0.15) is 10.5 Å². The van der Waals surface area contributed by atoms with Crippen molar-refractivity contribution >= 4 is 17.4 Å². The van der Waals surface area contributed by atoms with Crippen LogP contribution in [0.4, 0.5) is 11.5 Å². The van der Waals surface area contributed by atoms with Crippen molar-refractivity contribution in [3.05, 3.63) is 72.7 Å². The van der Waals surface area contributed by atoms with Crippen LogP contribution in [0.5, 0.6) is 11.5 Å². The Morgan fingerprint density at radius 2 is 1.75 bits per heavy atom. The van der Waals surface area contributed by atoms with Gasteiger partial charge >= 0.3 is 0 Å². The molecule has 1 aromatic heterocycles. The molecule has 0 radical (unpaired) electrons. The Morgan fingerprint density at radius 1 is 1.00 bits per heavy atom. The first-order valence-corrected chi connectivity index (χ1v) is 8.96. The molecule has 0 spiro atoms. The highest BCUT2D eigenvalue weighted by Gasteiger charge is 2.09. The summed E-state index contributed by atoms with van der Waals surface area (Å²) in [6, 6.07) is 17.1. The minimum Gasteiger partial charge on any atom is -0.455 e. The lowest BCUT2D eigenvalue weighted by Crippen LogP contribution is -2.31. The Bertz CT molecular complexity index is 898. The van der Waals surface area contributed by atoms with E-state index >= 15 is 0 Å². The van der Waals surface area contributed by atoms with Gasteiger partial charge in [-0.3, -0.25) is 4.79 Å². The molecule has 0 aliphatic heterocycles. The minimum atomic E-state index is -0.242. The lowest BCUT2D eigenvalue weighted by atomic mass is 10.3. The predicted octanol–water partition coefficient (Wildman–Crippen LogP) is 3.30. The maximum atomic E-state index is 12.1. The zero-order chi connectivity index (χ0) is 19.8. The Hall–Kier alpha value is -3.45. The largest absolute Gasteiger partial charge is 0.455 e. The minimum absolute atomic E-state index is 0.242. The summed E-state index contributed by atoms with van der Waals surface area (Å²) in [6.07, 6.45) is 2.98. The number of benzene rings is 2. The van der Waals surface area contributed by atoms with Crippen LogP contribution in [-0.4, -0.2) is 48.0 Å². The Labute approximate surface area is 164 Å². The van der Waals surface area contributed by atoms with E-state index in [1.54, 1.807) is 0 Å². The smallest absolute Gasteiger partial charge is 0.271 e. The molecule has 0 saturated carbocycles. The van der Waals surface area contributed by atoms with Gasteiger partial charge in [0.2, 0.25) is 0 Å². The number of carbonyl (C=O) groups is 1. The number of aromatic nitrogens is 2. The van der Waals surface area contributed by atoms with Crippen LogP contribution >= 0.6 is 0 Å². The molecule has 7 nitrogen and oxygen atoms in total. The van der Waals surface area contributed by atoms with E-state index in [4.69, 9.17) is 4.74 Å². The van der Waals surface area contributed by atoms with E-state index in [0.29, 0.717) is 18.1 Å². The molecule has 3 rings (SSSR count). The molecule has 7 heteroatoms. The number of hydrogen-bond donors (Lipinski definition) is 2. The normalized spacial score (nSPS) is 10.5. The lowest BCUT2D eigenvalue weighted by Gasteiger charge is -2.13. The number of carbonyl (C=O) groups excluding carboxylic acids is 1. The zero-order valence-electron chi connectivity index (χ0n) is 15.9. The molecule has 2 N–H and O–H groups in total. The molecule has 0 fully saturated rings. The van der Waals surface area contributed by atoms with Crippen molar-refractivity contribution in [2.45, 2.75) is 0 Å². The van der Waals surface area contributed by atoms with Crippen molar-refractivity contribution < 1.29 is 9.53 Å². The Balaban J connectivity index is 1.65. The fourth-order valence-corrected chi connectivity index (χ4v) is 2.41. The van der Waals surface area contributed by atoms with Gasteiger partial charge in [-0.05, 0) is 38.4 Å². The molecule has 1 amide bonds. The van der Waals surface area contributed by atoms with E-state index in [1.807, 2.05) is 73.6 Å². The van der Waals surface area contributed by atoms with Crippen molar-refractivity contribution in [2.24, 2.45) is 0 Å². The molecule has 28 heavy (non-hydrogen) atoms. The van der Waals surface area contributed by atoms with Gasteiger partial charge in [0.25, 0.3) is 5.91 Å². The number of amides is 1. The summed E-state index contributed by atoms with van der Waals surface area (Å²) >= 11 is 0. The molecule has 0 unspecified atom stereocenters. The second-order valence-corrected chi connectivity index (χ2v) is 6.38. The highest BCUT2D eigenvalue weighted by molar-refractivity contribution is 5.92. The molecule has 0 atom stereocenters. The first-order valence-electron chi connectivity index (χ1n) is 8.96. The number of para-hydroxylation sites is 3. The second-order valence-electron chi connectivity index (χ2n) is 6.38. The monoisotopic (exact) mass is 377 g/mol. The SMILES string of the molecule is CN(C)CCNC(=O)c1cnc(Nc2ccccc2Oc2ccccc2)cn1. The molecular weight excluding hydrogens is 354 g/mol. The van der Waals surface area contributed by atoms with Gasteiger partial charge in [-0.25, -0.2) is 9.97 Å². The van der Waals surface area contributed by atoms with E-state index in [-0.39, 0.29) is 11.6 Å². The summed E-state index contributed by atoms with van der Waals surface area (Å²) in [4.78, 5) is 22.6. The van der Waals surface area contributed by atoms with E-state index in [2.05, 4.69) is 20.6 Å². The van der Waals surface area contributed by atoms with Gasteiger partial charge in [0.15, 0.2) is 5.75 Å². The maximum absolute atomic E-state index is 12.1. The highest BCUT2D eigenvalue weighted by Crippen LogP contribution is 2.30. The molecule has 0 bridgehead atoms. The van der Waals surface area contributed by atoms with Crippen molar-refractivity contribution in [1.82, 2.24) is 20.2 Å². The number of ether oxygens (including phenoxy) is 1. The summed E-state index contributed by atoms with van der Waals surface area (Å²) < 4.78 is 5.93. The lowest BCUT2D eigenvalue weighted by molar-refractivity contribution is 0.0945. The average molecular weight is 377 g/mol. The van der Waals surface area contributed by atoms with Crippen molar-refractivity contribution in [3.63, 3.8) is 0 Å². The standard InChI is InChI=1S/C21H23N5O2/c1-26(2)13-12-22-21(27)18-14-24-20(15-23-18)25-17-10-6-7-11-19(17)28-16-8-4-3-5-9-16/h3-11,14-15H,12-13H2,1-2H3,(H,22,27)(H,24,25). The quantitative estimate of drug-likeness (QED) is 0.627. The van der Waals surface area contributed by atoms with E-state index < -0.39 is 0 Å². The van der Waals surface area contributed by atoms with Crippen molar-refractivity contribution in [1.29, 1.82) is 0 Å². The van der Waals surface area contributed by atoms with Crippen LogP contribution in [0.2, 0.25) is 0 Å². The molecular formula is C21H23N5O2. The topological polar surface area (TPSA) is 79.4 Å². The van der Waals surface area contributed by atoms with Gasteiger partial charge in [-0.15, -0.1) is 0 Å². The molecule has 1 heterocycles. The number of anilines is 2. The van der Waals surface area contributed by atoms with E-state index in [1.165, 1.54) is 12.4 Å². The summed E-state index contributed by atoms with van der Waals surface area (Å²) in [5.41, 5.74) is 1.03. The van der Waals surface area contributed by atoms with Crippen molar-refractivity contribution in [3.8, 4) is 11.5 Å². The van der Waals surface area contributed by atoms with Gasteiger partial charge in [0.05, 0.1) is 18.1 Å². The summed E-state index contributed by atoms with van der Waals surface area (Å²) in [7, 11) is 3.90. The van der Waals surface area contributed by atoms with Crippen molar-refractivity contribution in [2.75, 3.05) is 32.5 Å². The van der Waals surface area contributed by atoms with E-state index in [0.717, 1.165) is 18.0 Å². The number of likely N-dealkylation sites (N-methyl/N-ethyl adjacent to an activating group) is 1. The third kappa shape index (κ3) is 5.52. The summed E-state index contributed by atoms with van der Waals surface area (Å²) in [6.45, 7) is 1.31. The van der Waals surface area contributed by atoms with Gasteiger partial charge in [-0.1, -0.05) is 30.3 Å². The third-order valence-electron chi connectivity index (χ3n) is 3.85. The molecule has 0 saturated heterocycles. The Kier molecular flexibility index (Phi) is 6.54. The van der Waals surface area contributed by atoms with Gasteiger partial charge < -0.3 is 20.3 Å². The number of nitrogens with zero attached hydrogens (tertiary/aromatic N) is 3. The summed E-state index contributed by atoms with van der Waals surface area (Å²) in [5.74, 6) is 1.69. The maximum Gasteiger partial charge on any atom is 0.271 e. The molecule has 3 aromatic rings. The first-order chi connectivity index (χ1) is 13.6. The number of rotatable bonds is 8. The molecule has 0 aliphatic carbocycles. The van der Waals surface area contributed by atoms with Crippen LogP contribution < -0.4 is 15.4 Å². The van der Waals surface area contributed by atoms with Crippen LogP contribution in [-0.2, 0) is 0 Å². The van der Waals surface area contributed by atoms with Crippen LogP contribution in [0, 0.1) is 0 Å². The third-order valence-corrected chi connectivity index (χ3v) is 3.85. The highest BCUT2D eigenvalue weighted by atomic mass is 16.5. The van der Waals surface area contributed by atoms with Gasteiger partial charge in [0, 0.05) is 13.1 Å². The molecule has 0 aliphatic rings. The fraction of sp³-hybridized carbons (Fsp3) is 0.190. The number of hydrogen-bond acceptors (Lipinski definition) is 6. The van der Waals surface area contributed by atoms with Crippen LogP contribution in [0.3, 0.4) is 0 Å². The average Bonchev–Trinajstić information content (AvgIpc) is 2.70. The van der Waals surface area contributed by atoms with E-state index in [9.17, 15) is 4.79 Å². The summed E-state index contributed by atoms with van der Waals surface area (Å²) in [5, 5.41) is 5.99. The first kappa shape index (κ1) is 19.3. The predicted molar refractivity (Wildman–Crippen MR) is 109 cm³/mol. The number of nitrogens with one attached hydrogen (secondary N) is 2. The fourth-order valence-electron chi connectivity index (χ4n) is 2.41. The second kappa shape index (κ2) is 9.48. The zero-order valence-corrected chi connectivity index (χ0v) is 15.9. The van der Waals surface area contributed by atoms with Crippen LogP contribution in [0.15, 0.2) is 67.0 Å². The Morgan fingerprint density at radius 3 is 2.46 bits per heavy atom. The molecule has 144 valence electrons.